The summed E-state index contributed by atoms with van der Waals surface area (Å²) >= 11 is 0. The second-order valence-electron chi connectivity index (χ2n) is 7.96. The molecule has 1 saturated carbocycles. The van der Waals surface area contributed by atoms with Crippen LogP contribution in [0, 0.1) is 12.5 Å². The predicted octanol–water partition coefficient (Wildman–Crippen LogP) is 2.55. The van der Waals surface area contributed by atoms with Gasteiger partial charge in [0.2, 0.25) is 0 Å². The smallest absolute Gasteiger partial charge is 1.00 e. The molecule has 0 amide bonds. The van der Waals surface area contributed by atoms with Gasteiger partial charge in [-0.15, -0.1) is 0 Å². The first-order chi connectivity index (χ1) is 16.6. The molecule has 0 saturated heterocycles. The second kappa shape index (κ2) is 12.4. The molecule has 7 nitrogen and oxygen atoms in total. The van der Waals surface area contributed by atoms with E-state index >= 15 is 0 Å². The zero-order valence-electron chi connectivity index (χ0n) is 20.7. The summed E-state index contributed by atoms with van der Waals surface area (Å²) in [4.78, 5) is 19.4. The molecule has 35 heavy (non-hydrogen) atoms. The Morgan fingerprint density at radius 2 is 1.66 bits per heavy atom. The van der Waals surface area contributed by atoms with Gasteiger partial charge in [0.25, 0.3) is 0 Å². The number of hydrogen-bond acceptors (Lipinski definition) is 5. The van der Waals surface area contributed by atoms with Crippen molar-refractivity contribution in [3.8, 4) is 11.5 Å². The van der Waals surface area contributed by atoms with Gasteiger partial charge in [-0.05, 0) is 47.7 Å². The Morgan fingerprint density at radius 3 is 2.23 bits per heavy atom. The summed E-state index contributed by atoms with van der Waals surface area (Å²) in [6, 6.07) is 22.3. The van der Waals surface area contributed by atoms with Crippen molar-refractivity contribution in [2.45, 2.75) is 18.9 Å². The Hall–Kier alpha value is -3.31. The summed E-state index contributed by atoms with van der Waals surface area (Å²) in [6.07, 6.45) is 0.706. The number of hydrogen-bond donors (Lipinski definition) is 1. The van der Waals surface area contributed by atoms with Gasteiger partial charge in [0.05, 0.1) is 12.5 Å². The molecule has 1 aliphatic rings. The Kier molecular flexibility index (Phi) is 9.32. The Bertz CT molecular complexity index is 1210. The first-order valence-electron chi connectivity index (χ1n) is 10.8. The number of oxime groups is 1. The van der Waals surface area contributed by atoms with Crippen molar-refractivity contribution in [2.75, 3.05) is 13.7 Å². The molecule has 1 aliphatic carbocycles. The van der Waals surface area contributed by atoms with Crippen LogP contribution in [0.5, 0.6) is 11.5 Å². The van der Waals surface area contributed by atoms with E-state index in [4.69, 9.17) is 26.0 Å². The van der Waals surface area contributed by atoms with Crippen LogP contribution in [0.25, 0.3) is 4.85 Å². The molecule has 3 aromatic carbocycles. The number of ether oxygens (including phenoxy) is 2. The van der Waals surface area contributed by atoms with E-state index in [2.05, 4.69) is 10.0 Å². The zero-order chi connectivity index (χ0) is 23.9. The molecule has 0 aromatic heterocycles. The van der Waals surface area contributed by atoms with Crippen LogP contribution < -0.4 is 39.0 Å². The van der Waals surface area contributed by atoms with Crippen molar-refractivity contribution in [3.05, 3.63) is 101 Å². The van der Waals surface area contributed by atoms with Crippen LogP contribution in [0.4, 0.5) is 5.69 Å². The molecule has 0 aliphatic heterocycles. The fraction of sp³-hybridized carbons (Fsp3) is 0.222. The molecule has 3 aromatic rings. The van der Waals surface area contributed by atoms with E-state index in [0.29, 0.717) is 30.2 Å². The summed E-state index contributed by atoms with van der Waals surface area (Å²) in [5, 5.41) is 13.1. The van der Waals surface area contributed by atoms with Crippen LogP contribution in [0.3, 0.4) is 0 Å². The van der Waals surface area contributed by atoms with Crippen LogP contribution in [-0.2, 0) is 16.2 Å². The maximum absolute atomic E-state index is 11.0. The average Bonchev–Trinajstić information content (AvgIpc) is 3.68. The van der Waals surface area contributed by atoms with E-state index in [1.165, 1.54) is 7.11 Å². The van der Waals surface area contributed by atoms with Crippen molar-refractivity contribution in [2.24, 2.45) is 11.1 Å². The standard InChI is InChI=1S/C27H24N2O5.Na.H/c1-28-21-9-5-20(6-10-21)26(29-32-2)17-34-22-11-3-18(4-12-22)16-33-23-13-7-19(8-14-23)24-15-25(24)27(30)31;;/h3-14,24-25H,15-17H2,2H3,(H,30,31);;/q;+1;-1/b29-26+;;. The molecule has 8 heteroatoms. The molecule has 0 bridgehead atoms. The van der Waals surface area contributed by atoms with E-state index in [1.54, 1.807) is 12.1 Å². The van der Waals surface area contributed by atoms with Crippen LogP contribution in [0.15, 0.2) is 78.0 Å². The first kappa shape index (κ1) is 26.3. The third kappa shape index (κ3) is 7.09. The van der Waals surface area contributed by atoms with Crippen LogP contribution in [0.1, 0.15) is 30.5 Å². The van der Waals surface area contributed by atoms with E-state index < -0.39 is 5.97 Å². The van der Waals surface area contributed by atoms with Crippen molar-refractivity contribution >= 4 is 17.4 Å². The minimum Gasteiger partial charge on any atom is -1.00 e. The van der Waals surface area contributed by atoms with Gasteiger partial charge in [0.15, 0.2) is 5.69 Å². The van der Waals surface area contributed by atoms with E-state index in [9.17, 15) is 4.79 Å². The van der Waals surface area contributed by atoms with Gasteiger partial charge in [-0.25, -0.2) is 4.85 Å². The predicted molar refractivity (Wildman–Crippen MR) is 129 cm³/mol. The number of carbonyl (C=O) groups is 1. The van der Waals surface area contributed by atoms with E-state index in [1.807, 2.05) is 60.7 Å². The summed E-state index contributed by atoms with van der Waals surface area (Å²) < 4.78 is 11.7. The van der Waals surface area contributed by atoms with Gasteiger partial charge in [-0.1, -0.05) is 53.7 Å². The molecule has 2 unspecified atom stereocenters. The Morgan fingerprint density at radius 1 is 1.03 bits per heavy atom. The number of carboxylic acid groups (broad SMARTS) is 1. The Labute approximate surface area is 227 Å². The van der Waals surface area contributed by atoms with Gasteiger partial charge >= 0.3 is 35.5 Å². The number of nitrogens with zero attached hydrogens (tertiary/aromatic N) is 2. The van der Waals surface area contributed by atoms with Crippen molar-refractivity contribution < 1.29 is 55.2 Å². The van der Waals surface area contributed by atoms with E-state index in [-0.39, 0.29) is 49.4 Å². The minimum atomic E-state index is -0.727. The van der Waals surface area contributed by atoms with Gasteiger partial charge in [-0.3, -0.25) is 4.79 Å². The minimum absolute atomic E-state index is 0. The largest absolute Gasteiger partial charge is 1.00 e. The molecule has 0 radical (unpaired) electrons. The maximum atomic E-state index is 11.0. The second-order valence-corrected chi connectivity index (χ2v) is 7.96. The molecule has 1 N–H and O–H groups in total. The topological polar surface area (TPSA) is 81.7 Å². The average molecular weight is 480 g/mol. The number of rotatable bonds is 10. The third-order valence-corrected chi connectivity index (χ3v) is 5.65. The number of carboxylic acids is 1. The summed E-state index contributed by atoms with van der Waals surface area (Å²) in [6.45, 7) is 7.68. The fourth-order valence-corrected chi connectivity index (χ4v) is 3.65. The van der Waals surface area contributed by atoms with E-state index in [0.717, 1.165) is 22.4 Å². The van der Waals surface area contributed by atoms with Gasteiger partial charge < -0.3 is 20.8 Å². The molecule has 0 heterocycles. The van der Waals surface area contributed by atoms with Gasteiger partial charge in [0.1, 0.15) is 37.5 Å². The monoisotopic (exact) mass is 480 g/mol. The van der Waals surface area contributed by atoms with Crippen LogP contribution in [0.2, 0.25) is 0 Å². The summed E-state index contributed by atoms with van der Waals surface area (Å²) in [5.41, 5.74) is 4.04. The maximum Gasteiger partial charge on any atom is 1.00 e. The van der Waals surface area contributed by atoms with Gasteiger partial charge in [0, 0.05) is 5.56 Å². The molecule has 1 fully saturated rings. The summed E-state index contributed by atoms with van der Waals surface area (Å²) in [7, 11) is 1.48. The molecule has 4 rings (SSSR count). The first-order valence-corrected chi connectivity index (χ1v) is 10.8. The number of aliphatic carboxylic acids is 1. The van der Waals surface area contributed by atoms with Crippen LogP contribution in [-0.4, -0.2) is 30.5 Å². The quantitative estimate of drug-likeness (QED) is 0.209. The number of benzene rings is 3. The third-order valence-electron chi connectivity index (χ3n) is 5.65. The van der Waals surface area contributed by atoms with Crippen LogP contribution >= 0.6 is 0 Å². The molecule has 0 spiro atoms. The zero-order valence-corrected chi connectivity index (χ0v) is 21.7. The Balaban J connectivity index is 0.00000228. The molecular formula is C27H25N2NaO5. The normalized spacial score (nSPS) is 16.4. The SMILES string of the molecule is [C-]#[N+]c1ccc(/C(COc2ccc(COc3ccc(C4CC4C(=O)O)cc3)cc2)=N/OC)cc1.[H-].[Na+]. The van der Waals surface area contributed by atoms with Gasteiger partial charge in [-0.2, -0.15) is 0 Å². The molecular weight excluding hydrogens is 455 g/mol. The van der Waals surface area contributed by atoms with Crippen molar-refractivity contribution in [1.82, 2.24) is 0 Å². The van der Waals surface area contributed by atoms with Crippen molar-refractivity contribution in [3.63, 3.8) is 0 Å². The molecule has 174 valence electrons. The fourth-order valence-electron chi connectivity index (χ4n) is 3.65. The molecule has 2 atom stereocenters. The van der Waals surface area contributed by atoms with Crippen molar-refractivity contribution in [1.29, 1.82) is 0 Å². The summed E-state index contributed by atoms with van der Waals surface area (Å²) in [5.74, 6) is 0.560.